The zero-order valence-corrected chi connectivity index (χ0v) is 18.6. The van der Waals surface area contributed by atoms with Gasteiger partial charge in [0.25, 0.3) is 5.91 Å². The fraction of sp³-hybridized carbons (Fsp3) is 0.167. The van der Waals surface area contributed by atoms with Gasteiger partial charge in [0.15, 0.2) is 11.6 Å². The molecule has 0 spiro atoms. The maximum absolute atomic E-state index is 14.6. The van der Waals surface area contributed by atoms with Gasteiger partial charge in [-0.1, -0.05) is 54.1 Å². The lowest BCUT2D eigenvalue weighted by atomic mass is 10.0. The molecule has 1 heterocycles. The molecule has 5 nitrogen and oxygen atoms in total. The van der Waals surface area contributed by atoms with Gasteiger partial charge >= 0.3 is 5.97 Å². The van der Waals surface area contributed by atoms with Gasteiger partial charge in [-0.15, -0.1) is 11.8 Å². The predicted octanol–water partition coefficient (Wildman–Crippen LogP) is 5.50. The molecule has 0 unspecified atom stereocenters. The fourth-order valence-corrected chi connectivity index (χ4v) is 5.45. The summed E-state index contributed by atoms with van der Waals surface area (Å²) < 4.78 is 19.6. The highest BCUT2D eigenvalue weighted by Gasteiger charge is 2.43. The number of thioether (sulfide) groups is 1. The molecule has 3 aromatic carbocycles. The predicted molar refractivity (Wildman–Crippen MR) is 123 cm³/mol. The van der Waals surface area contributed by atoms with E-state index < -0.39 is 29.1 Å². The average Bonchev–Trinajstić information content (AvgIpc) is 3.24. The van der Waals surface area contributed by atoms with Crippen molar-refractivity contribution in [3.8, 4) is 16.9 Å². The van der Waals surface area contributed by atoms with Crippen LogP contribution in [0.25, 0.3) is 11.1 Å². The summed E-state index contributed by atoms with van der Waals surface area (Å²) in [6, 6.07) is 17.4. The number of hydrogen-bond acceptors (Lipinski definition) is 4. The normalized spacial score (nSPS) is 17.9. The zero-order chi connectivity index (χ0) is 22.8. The van der Waals surface area contributed by atoms with E-state index in [1.807, 2.05) is 0 Å². The van der Waals surface area contributed by atoms with Crippen LogP contribution in [0, 0.1) is 5.82 Å². The van der Waals surface area contributed by atoms with Crippen molar-refractivity contribution in [2.75, 3.05) is 12.9 Å². The molecular weight excluding hydrogens is 453 g/mol. The molecule has 1 aliphatic heterocycles. The summed E-state index contributed by atoms with van der Waals surface area (Å²) >= 11 is 7.69. The van der Waals surface area contributed by atoms with Crippen LogP contribution in [0.4, 0.5) is 4.39 Å². The monoisotopic (exact) mass is 471 g/mol. The smallest absolute Gasteiger partial charge is 0.327 e. The van der Waals surface area contributed by atoms with Crippen molar-refractivity contribution in [2.45, 2.75) is 11.4 Å². The van der Waals surface area contributed by atoms with Gasteiger partial charge in [0.1, 0.15) is 11.4 Å². The molecule has 8 heteroatoms. The molecule has 1 N–H and O–H groups in total. The first-order valence-corrected chi connectivity index (χ1v) is 11.2. The summed E-state index contributed by atoms with van der Waals surface area (Å²) in [5, 5.41) is 9.64. The second-order valence-electron chi connectivity index (χ2n) is 7.17. The Bertz CT molecular complexity index is 1170. The van der Waals surface area contributed by atoms with Crippen LogP contribution in [0.5, 0.6) is 5.75 Å². The van der Waals surface area contributed by atoms with Crippen molar-refractivity contribution in [2.24, 2.45) is 0 Å². The number of hydrogen-bond donors (Lipinski definition) is 1. The number of benzene rings is 3. The van der Waals surface area contributed by atoms with Crippen LogP contribution < -0.4 is 4.74 Å². The number of amides is 1. The zero-order valence-electron chi connectivity index (χ0n) is 17.0. The minimum atomic E-state index is -1.07. The van der Waals surface area contributed by atoms with Gasteiger partial charge in [0, 0.05) is 27.5 Å². The molecule has 1 amide bonds. The van der Waals surface area contributed by atoms with Crippen LogP contribution in [0.1, 0.15) is 21.3 Å². The van der Waals surface area contributed by atoms with Crippen LogP contribution >= 0.6 is 23.4 Å². The van der Waals surface area contributed by atoms with Gasteiger partial charge in [0.2, 0.25) is 0 Å². The SMILES string of the molecule is COc1cccc(-c2ccc(C(=O)N3[C@@H](c4ccccc4Cl)SC[C@H]3C(=O)O)cc2)c1F. The lowest BCUT2D eigenvalue weighted by Gasteiger charge is -2.28. The van der Waals surface area contributed by atoms with E-state index >= 15 is 0 Å². The molecule has 0 aliphatic carbocycles. The van der Waals surface area contributed by atoms with Crippen LogP contribution in [0.15, 0.2) is 66.7 Å². The number of nitrogens with zero attached hydrogens (tertiary/aromatic N) is 1. The minimum absolute atomic E-state index is 0.128. The highest BCUT2D eigenvalue weighted by Crippen LogP contribution is 2.44. The Labute approximate surface area is 193 Å². The summed E-state index contributed by atoms with van der Waals surface area (Å²) in [6.45, 7) is 0. The standard InChI is InChI=1S/C24H19ClFNO4S/c1-31-20-8-4-6-16(21(20)26)14-9-11-15(12-10-14)22(28)27-19(24(29)30)13-32-23(27)17-5-2-3-7-18(17)25/h2-12,19,23H,13H2,1H3,(H,29,30)/t19-,23+/m0/s1. The number of carboxylic acids is 1. The molecule has 0 radical (unpaired) electrons. The fourth-order valence-electron chi connectivity index (χ4n) is 3.69. The van der Waals surface area contributed by atoms with Crippen molar-refractivity contribution in [3.63, 3.8) is 0 Å². The summed E-state index contributed by atoms with van der Waals surface area (Å²) in [6.07, 6.45) is 0. The number of rotatable bonds is 5. The summed E-state index contributed by atoms with van der Waals surface area (Å²) in [5.41, 5.74) is 1.91. The second-order valence-corrected chi connectivity index (χ2v) is 8.69. The van der Waals surface area contributed by atoms with Gasteiger partial charge < -0.3 is 14.7 Å². The van der Waals surface area contributed by atoms with Crippen LogP contribution in [0.2, 0.25) is 5.02 Å². The first-order chi connectivity index (χ1) is 15.4. The van der Waals surface area contributed by atoms with E-state index in [0.29, 0.717) is 27.3 Å². The lowest BCUT2D eigenvalue weighted by molar-refractivity contribution is -0.141. The second kappa shape index (κ2) is 9.22. The van der Waals surface area contributed by atoms with E-state index in [9.17, 15) is 19.1 Å². The van der Waals surface area contributed by atoms with E-state index in [0.717, 1.165) is 0 Å². The Morgan fingerprint density at radius 3 is 2.47 bits per heavy atom. The van der Waals surface area contributed by atoms with Crippen LogP contribution in [-0.4, -0.2) is 40.8 Å². The molecule has 2 atom stereocenters. The Balaban J connectivity index is 1.67. The number of halogens is 2. The number of carbonyl (C=O) groups excluding carboxylic acids is 1. The Hall–Kier alpha value is -3.03. The van der Waals surface area contributed by atoms with Gasteiger partial charge in [0.05, 0.1) is 7.11 Å². The maximum Gasteiger partial charge on any atom is 0.327 e. The maximum atomic E-state index is 14.6. The number of aliphatic carboxylic acids is 1. The van der Waals surface area contributed by atoms with E-state index in [1.54, 1.807) is 60.7 Å². The summed E-state index contributed by atoms with van der Waals surface area (Å²) in [7, 11) is 1.40. The van der Waals surface area contributed by atoms with Crippen molar-refractivity contribution < 1.29 is 23.8 Å². The first-order valence-electron chi connectivity index (χ1n) is 9.76. The Kier molecular flexibility index (Phi) is 6.39. The Morgan fingerprint density at radius 2 is 1.81 bits per heavy atom. The van der Waals surface area contributed by atoms with E-state index in [2.05, 4.69) is 0 Å². The summed E-state index contributed by atoms with van der Waals surface area (Å²) in [5.74, 6) is -1.61. The molecule has 32 heavy (non-hydrogen) atoms. The number of ether oxygens (including phenoxy) is 1. The molecular formula is C24H19ClFNO4S. The molecule has 0 saturated carbocycles. The van der Waals surface area contributed by atoms with Gasteiger partial charge in [-0.05, 0) is 29.8 Å². The van der Waals surface area contributed by atoms with E-state index in [1.165, 1.54) is 29.8 Å². The van der Waals surface area contributed by atoms with Crippen LogP contribution in [-0.2, 0) is 4.79 Å². The van der Waals surface area contributed by atoms with Crippen molar-refractivity contribution in [1.29, 1.82) is 0 Å². The molecule has 1 fully saturated rings. The van der Waals surface area contributed by atoms with E-state index in [-0.39, 0.29) is 11.5 Å². The lowest BCUT2D eigenvalue weighted by Crippen LogP contribution is -2.43. The third kappa shape index (κ3) is 4.06. The molecule has 3 aromatic rings. The molecule has 0 aromatic heterocycles. The number of carbonyl (C=O) groups is 2. The average molecular weight is 472 g/mol. The van der Waals surface area contributed by atoms with Crippen molar-refractivity contribution in [1.82, 2.24) is 4.90 Å². The topological polar surface area (TPSA) is 66.8 Å². The van der Waals surface area contributed by atoms with Crippen molar-refractivity contribution >= 4 is 35.2 Å². The third-order valence-corrected chi connectivity index (χ3v) is 6.97. The molecule has 1 saturated heterocycles. The first kappa shape index (κ1) is 22.2. The highest BCUT2D eigenvalue weighted by atomic mass is 35.5. The molecule has 1 aliphatic rings. The number of methoxy groups -OCH3 is 1. The minimum Gasteiger partial charge on any atom is -0.494 e. The van der Waals surface area contributed by atoms with Gasteiger partial charge in [-0.25, -0.2) is 9.18 Å². The molecule has 164 valence electrons. The van der Waals surface area contributed by atoms with Gasteiger partial charge in [-0.2, -0.15) is 0 Å². The molecule has 4 rings (SSSR count). The summed E-state index contributed by atoms with van der Waals surface area (Å²) in [4.78, 5) is 26.6. The highest BCUT2D eigenvalue weighted by molar-refractivity contribution is 7.99. The van der Waals surface area contributed by atoms with E-state index in [4.69, 9.17) is 16.3 Å². The Morgan fingerprint density at radius 1 is 1.09 bits per heavy atom. The quantitative estimate of drug-likeness (QED) is 0.532. The van der Waals surface area contributed by atoms with Crippen LogP contribution in [0.3, 0.4) is 0 Å². The molecule has 0 bridgehead atoms. The van der Waals surface area contributed by atoms with Gasteiger partial charge in [-0.3, -0.25) is 4.79 Å². The largest absolute Gasteiger partial charge is 0.494 e. The number of carboxylic acid groups (broad SMARTS) is 1. The third-order valence-electron chi connectivity index (χ3n) is 5.32. The van der Waals surface area contributed by atoms with Crippen molar-refractivity contribution in [3.05, 3.63) is 88.7 Å².